The van der Waals surface area contributed by atoms with Crippen molar-refractivity contribution in [3.8, 4) is 0 Å². The number of amides is 1. The van der Waals surface area contributed by atoms with E-state index in [2.05, 4.69) is 62.6 Å². The number of nitrogens with zero attached hydrogens (tertiary/aromatic N) is 1. The van der Waals surface area contributed by atoms with Gasteiger partial charge in [-0.15, -0.1) is 0 Å². The van der Waals surface area contributed by atoms with Crippen LogP contribution in [0.5, 0.6) is 0 Å². The van der Waals surface area contributed by atoms with E-state index in [1.165, 1.54) is 24.8 Å². The molecule has 1 amide bonds. The third-order valence-corrected chi connectivity index (χ3v) is 8.93. The van der Waals surface area contributed by atoms with E-state index in [1.54, 1.807) is 11.3 Å². The molecule has 4 saturated carbocycles. The average Bonchev–Trinajstić information content (AvgIpc) is 3.09. The predicted octanol–water partition coefficient (Wildman–Crippen LogP) is 6.54. The summed E-state index contributed by atoms with van der Waals surface area (Å²) < 4.78 is 2.14. The van der Waals surface area contributed by atoms with Crippen LogP contribution in [0.4, 0.5) is 5.13 Å². The number of benzene rings is 2. The summed E-state index contributed by atoms with van der Waals surface area (Å²) >= 11 is 5.09. The zero-order chi connectivity index (χ0) is 19.6. The zero-order valence-electron chi connectivity index (χ0n) is 16.2. The van der Waals surface area contributed by atoms with Crippen LogP contribution in [0.15, 0.2) is 53.0 Å². The molecule has 0 radical (unpaired) electrons. The van der Waals surface area contributed by atoms with Gasteiger partial charge in [0.05, 0.1) is 15.6 Å². The highest BCUT2D eigenvalue weighted by Gasteiger charge is 2.60. The lowest BCUT2D eigenvalue weighted by molar-refractivity contribution is -0.143. The van der Waals surface area contributed by atoms with Gasteiger partial charge >= 0.3 is 0 Å². The van der Waals surface area contributed by atoms with E-state index in [1.807, 2.05) is 12.1 Å². The molecule has 2 aromatic carbocycles. The highest BCUT2D eigenvalue weighted by atomic mass is 79.9. The SMILES string of the molecule is O=C(Nc1nc2ccc(Br)cc2s1)C12CC3CC(C1)CC(c1ccccc1)(C3)C2. The fraction of sp³-hybridized carbons (Fsp3) is 0.417. The first-order valence-electron chi connectivity index (χ1n) is 10.5. The fourth-order valence-corrected chi connectivity index (χ4v) is 8.25. The summed E-state index contributed by atoms with van der Waals surface area (Å²) in [7, 11) is 0. The minimum Gasteiger partial charge on any atom is -0.301 e. The summed E-state index contributed by atoms with van der Waals surface area (Å²) in [6.07, 6.45) is 6.87. The number of halogens is 1. The molecule has 0 saturated heterocycles. The standard InChI is InChI=1S/C24H23BrN2OS/c25-18-6-7-19-20(9-18)29-22(26-19)27-21(28)24-12-15-8-16(13-24)11-23(10-15,14-24)17-4-2-1-3-5-17/h1-7,9,15-16H,8,10-14H2,(H,26,27,28). The van der Waals surface area contributed by atoms with E-state index in [-0.39, 0.29) is 16.7 Å². The van der Waals surface area contributed by atoms with Gasteiger partial charge in [0.25, 0.3) is 0 Å². The maximum Gasteiger partial charge on any atom is 0.232 e. The highest BCUT2D eigenvalue weighted by Crippen LogP contribution is 2.66. The Morgan fingerprint density at radius 2 is 1.83 bits per heavy atom. The first-order chi connectivity index (χ1) is 14.0. The highest BCUT2D eigenvalue weighted by molar-refractivity contribution is 9.10. The third-order valence-electron chi connectivity index (χ3n) is 7.50. The molecule has 2 atom stereocenters. The van der Waals surface area contributed by atoms with Crippen LogP contribution in [0.3, 0.4) is 0 Å². The van der Waals surface area contributed by atoms with Crippen LogP contribution in [0.25, 0.3) is 10.2 Å². The van der Waals surface area contributed by atoms with E-state index in [0.29, 0.717) is 11.8 Å². The minimum absolute atomic E-state index is 0.182. The smallest absolute Gasteiger partial charge is 0.232 e. The lowest BCUT2D eigenvalue weighted by Gasteiger charge is -2.61. The molecule has 3 nitrogen and oxygen atoms in total. The van der Waals surface area contributed by atoms with E-state index >= 15 is 0 Å². The van der Waals surface area contributed by atoms with Crippen molar-refractivity contribution in [1.29, 1.82) is 0 Å². The second-order valence-electron chi connectivity index (χ2n) is 9.47. The molecule has 4 bridgehead atoms. The van der Waals surface area contributed by atoms with Crippen molar-refractivity contribution in [2.24, 2.45) is 17.3 Å². The van der Waals surface area contributed by atoms with Crippen molar-refractivity contribution >= 4 is 48.5 Å². The lowest BCUT2D eigenvalue weighted by atomic mass is 9.42. The van der Waals surface area contributed by atoms with Crippen LogP contribution < -0.4 is 5.32 Å². The van der Waals surface area contributed by atoms with Crippen LogP contribution in [-0.2, 0) is 10.2 Å². The molecule has 3 aromatic rings. The maximum absolute atomic E-state index is 13.6. The molecule has 2 unspecified atom stereocenters. The van der Waals surface area contributed by atoms with Gasteiger partial charge in [0.15, 0.2) is 5.13 Å². The van der Waals surface area contributed by atoms with E-state index in [4.69, 9.17) is 0 Å². The number of thiazole rings is 1. The second-order valence-corrected chi connectivity index (χ2v) is 11.4. The molecule has 1 N–H and O–H groups in total. The van der Waals surface area contributed by atoms with Crippen molar-refractivity contribution < 1.29 is 4.79 Å². The topological polar surface area (TPSA) is 42.0 Å². The summed E-state index contributed by atoms with van der Waals surface area (Å²) in [6, 6.07) is 17.0. The van der Waals surface area contributed by atoms with Crippen molar-refractivity contribution in [3.63, 3.8) is 0 Å². The number of carbonyl (C=O) groups excluding carboxylic acids is 1. The molecule has 5 heteroatoms. The predicted molar refractivity (Wildman–Crippen MR) is 121 cm³/mol. The molecule has 1 heterocycles. The lowest BCUT2D eigenvalue weighted by Crippen LogP contribution is -2.57. The molecule has 0 aliphatic heterocycles. The quantitative estimate of drug-likeness (QED) is 0.476. The van der Waals surface area contributed by atoms with E-state index in [0.717, 1.165) is 39.1 Å². The summed E-state index contributed by atoms with van der Waals surface area (Å²) in [5, 5.41) is 3.96. The number of rotatable bonds is 3. The van der Waals surface area contributed by atoms with Crippen molar-refractivity contribution in [2.75, 3.05) is 5.32 Å². The van der Waals surface area contributed by atoms with Crippen molar-refractivity contribution in [1.82, 2.24) is 4.98 Å². The summed E-state index contributed by atoms with van der Waals surface area (Å²) in [6.45, 7) is 0. The van der Waals surface area contributed by atoms with Gasteiger partial charge in [-0.25, -0.2) is 4.98 Å². The molecule has 4 fully saturated rings. The molecule has 7 rings (SSSR count). The fourth-order valence-electron chi connectivity index (χ4n) is 6.84. The molecular formula is C24H23BrN2OS. The monoisotopic (exact) mass is 466 g/mol. The van der Waals surface area contributed by atoms with Crippen molar-refractivity contribution in [2.45, 2.75) is 43.9 Å². The van der Waals surface area contributed by atoms with Gasteiger partial charge in [-0.05, 0) is 79.5 Å². The molecule has 29 heavy (non-hydrogen) atoms. The average molecular weight is 467 g/mol. The Kier molecular flexibility index (Phi) is 3.98. The molecule has 4 aliphatic carbocycles. The number of carbonyl (C=O) groups is 1. The Morgan fingerprint density at radius 3 is 2.59 bits per heavy atom. The van der Waals surface area contributed by atoms with Crippen LogP contribution in [-0.4, -0.2) is 10.9 Å². The van der Waals surface area contributed by atoms with Gasteiger partial charge in [0.1, 0.15) is 0 Å². The first kappa shape index (κ1) is 18.1. The molecular weight excluding hydrogens is 444 g/mol. The van der Waals surface area contributed by atoms with Gasteiger partial charge in [0.2, 0.25) is 5.91 Å². The summed E-state index contributed by atoms with van der Waals surface area (Å²) in [5.74, 6) is 1.55. The van der Waals surface area contributed by atoms with E-state index < -0.39 is 0 Å². The van der Waals surface area contributed by atoms with Crippen molar-refractivity contribution in [3.05, 3.63) is 58.6 Å². The first-order valence-corrected chi connectivity index (χ1v) is 12.1. The Balaban J connectivity index is 1.33. The summed E-state index contributed by atoms with van der Waals surface area (Å²) in [4.78, 5) is 18.3. The van der Waals surface area contributed by atoms with Crippen LogP contribution in [0, 0.1) is 17.3 Å². The number of nitrogens with one attached hydrogen (secondary N) is 1. The van der Waals surface area contributed by atoms with Crippen LogP contribution in [0.1, 0.15) is 44.1 Å². The van der Waals surface area contributed by atoms with Gasteiger partial charge in [-0.2, -0.15) is 0 Å². The maximum atomic E-state index is 13.6. The van der Waals surface area contributed by atoms with Gasteiger partial charge in [-0.3, -0.25) is 4.79 Å². The largest absolute Gasteiger partial charge is 0.301 e. The number of fused-ring (bicyclic) bond motifs is 1. The Bertz CT molecular complexity index is 1090. The number of hydrogen-bond donors (Lipinski definition) is 1. The van der Waals surface area contributed by atoms with Gasteiger partial charge < -0.3 is 5.32 Å². The second kappa shape index (κ2) is 6.39. The van der Waals surface area contributed by atoms with Gasteiger partial charge in [-0.1, -0.05) is 57.6 Å². The zero-order valence-corrected chi connectivity index (χ0v) is 18.6. The Hall–Kier alpha value is -1.72. The normalized spacial score (nSPS) is 32.6. The number of aromatic nitrogens is 1. The summed E-state index contributed by atoms with van der Waals surface area (Å²) in [5.41, 5.74) is 2.33. The molecule has 1 aromatic heterocycles. The van der Waals surface area contributed by atoms with E-state index in [9.17, 15) is 4.79 Å². The molecule has 148 valence electrons. The Morgan fingerprint density at radius 1 is 1.07 bits per heavy atom. The molecule has 0 spiro atoms. The van der Waals surface area contributed by atoms with Crippen LogP contribution >= 0.6 is 27.3 Å². The minimum atomic E-state index is -0.238. The number of anilines is 1. The number of hydrogen-bond acceptors (Lipinski definition) is 3. The van der Waals surface area contributed by atoms with Crippen LogP contribution in [0.2, 0.25) is 0 Å². The van der Waals surface area contributed by atoms with Gasteiger partial charge in [0, 0.05) is 4.47 Å². The molecule has 4 aliphatic rings. The Labute approximate surface area is 183 Å². The third kappa shape index (κ3) is 2.89.